The molecule has 0 atom stereocenters. The molecule has 0 unspecified atom stereocenters. The molecule has 2 aromatic heterocycles. The molecule has 3 N–H and O–H groups in total. The molecule has 4 rings (SSSR count). The maximum Gasteiger partial charge on any atom is 0.490 e. The van der Waals surface area contributed by atoms with E-state index in [0.29, 0.717) is 31.4 Å². The molecule has 1 aliphatic carbocycles. The molecule has 0 radical (unpaired) electrons. The van der Waals surface area contributed by atoms with Crippen LogP contribution in [0.2, 0.25) is 0 Å². The maximum atomic E-state index is 13.0. The van der Waals surface area contributed by atoms with Gasteiger partial charge in [-0.05, 0) is 61.9 Å². The number of alkyl halides is 6. The summed E-state index contributed by atoms with van der Waals surface area (Å²) >= 11 is 1.46. The third-order valence-corrected chi connectivity index (χ3v) is 7.47. The summed E-state index contributed by atoms with van der Waals surface area (Å²) in [7, 11) is 1.62. The number of thiazole rings is 1. The molecule has 0 saturated heterocycles. The van der Waals surface area contributed by atoms with Gasteiger partial charge in [0, 0.05) is 25.2 Å². The summed E-state index contributed by atoms with van der Waals surface area (Å²) in [5, 5.41) is 20.1. The first-order valence-electron chi connectivity index (χ1n) is 11.9. The van der Waals surface area contributed by atoms with Gasteiger partial charge in [-0.15, -0.1) is 11.3 Å². The Balaban J connectivity index is 0.000000587. The zero-order valence-corrected chi connectivity index (χ0v) is 22.3. The highest BCUT2D eigenvalue weighted by molar-refractivity contribution is 7.15. The number of aliphatic carboxylic acids is 2. The van der Waals surface area contributed by atoms with E-state index in [0.717, 1.165) is 33.3 Å². The lowest BCUT2D eigenvalue weighted by molar-refractivity contribution is -0.192. The monoisotopic (exact) mass is 606 g/mol. The fraction of sp³-hybridized carbons (Fsp3) is 0.400. The van der Waals surface area contributed by atoms with Crippen molar-refractivity contribution in [1.29, 1.82) is 0 Å². The van der Waals surface area contributed by atoms with E-state index in [4.69, 9.17) is 14.6 Å². The van der Waals surface area contributed by atoms with Crippen molar-refractivity contribution in [2.45, 2.75) is 50.6 Å². The fourth-order valence-electron chi connectivity index (χ4n) is 4.16. The van der Waals surface area contributed by atoms with Crippen LogP contribution in [0.1, 0.15) is 41.9 Å². The van der Waals surface area contributed by atoms with E-state index in [-0.39, 0.29) is 11.9 Å². The van der Waals surface area contributed by atoms with E-state index < -0.39 is 35.6 Å². The van der Waals surface area contributed by atoms with Gasteiger partial charge in [-0.3, -0.25) is 4.79 Å². The molecule has 2 heterocycles. The number of benzene rings is 1. The fourth-order valence-corrected chi connectivity index (χ4v) is 5.29. The highest BCUT2D eigenvalue weighted by atomic mass is 32.1. The summed E-state index contributed by atoms with van der Waals surface area (Å²) < 4.78 is 76.5. The van der Waals surface area contributed by atoms with E-state index in [2.05, 4.69) is 20.3 Å². The molecular weight excluding hydrogens is 582 g/mol. The number of ether oxygens (including phenoxy) is 1. The summed E-state index contributed by atoms with van der Waals surface area (Å²) in [6.07, 6.45) is -4.66. The Morgan fingerprint density at radius 3 is 2.24 bits per heavy atom. The number of carboxylic acids is 2. The molecule has 1 saturated carbocycles. The van der Waals surface area contributed by atoms with Gasteiger partial charge in [0.2, 0.25) is 5.95 Å². The van der Waals surface area contributed by atoms with Gasteiger partial charge in [0.1, 0.15) is 16.3 Å². The van der Waals surface area contributed by atoms with Crippen molar-refractivity contribution in [2.24, 2.45) is 5.92 Å². The minimum atomic E-state index is -5.08. The molecule has 0 aliphatic heterocycles. The van der Waals surface area contributed by atoms with E-state index in [1.54, 1.807) is 25.4 Å². The van der Waals surface area contributed by atoms with Gasteiger partial charge in [0.05, 0.1) is 10.8 Å². The standard InChI is InChI=1S/C23H23F3N4O3S.C2HF3O2/c1-13-9-15(11-16(10-13)29-21-27-8-5-18(30-21)23(24,25)26)17-12-28-20(34-17)22(33-2)6-3-14(4-7-22)19(31)32;3-2(4,5)1(6)7/h5,8-12,14H,3-4,6-7H2,1-2H3,(H,31,32)(H,27,29,30);(H,6,7)/t14-,22-;. The smallest absolute Gasteiger partial charge is 0.481 e. The number of nitrogens with one attached hydrogen (secondary N) is 1. The van der Waals surface area contributed by atoms with E-state index in [1.165, 1.54) is 11.3 Å². The second kappa shape index (κ2) is 12.4. The first-order chi connectivity index (χ1) is 19.0. The molecule has 1 aliphatic rings. The van der Waals surface area contributed by atoms with Crippen molar-refractivity contribution in [1.82, 2.24) is 15.0 Å². The van der Waals surface area contributed by atoms with Crippen molar-refractivity contribution in [3.05, 3.63) is 52.9 Å². The highest BCUT2D eigenvalue weighted by Gasteiger charge is 2.41. The van der Waals surface area contributed by atoms with Gasteiger partial charge in [0.25, 0.3) is 0 Å². The zero-order chi connectivity index (χ0) is 30.6. The van der Waals surface area contributed by atoms with Crippen molar-refractivity contribution >= 4 is 34.9 Å². The SMILES string of the molecule is CO[C@]1(c2ncc(-c3cc(C)cc(Nc4nccc(C(F)(F)F)n4)c3)s2)CC[C@@H](C(=O)O)CC1.O=C(O)C(F)(F)F. The maximum absolute atomic E-state index is 13.0. The van der Waals surface area contributed by atoms with E-state index in [9.17, 15) is 36.2 Å². The number of carbonyl (C=O) groups is 2. The number of aromatic nitrogens is 3. The summed E-state index contributed by atoms with van der Waals surface area (Å²) in [6.45, 7) is 1.88. The molecule has 0 bridgehead atoms. The normalized spacial score (nSPS) is 19.2. The molecule has 0 amide bonds. The predicted molar refractivity (Wildman–Crippen MR) is 135 cm³/mol. The molecule has 16 heteroatoms. The largest absolute Gasteiger partial charge is 0.490 e. The lowest BCUT2D eigenvalue weighted by Crippen LogP contribution is -2.35. The zero-order valence-electron chi connectivity index (χ0n) is 21.5. The van der Waals surface area contributed by atoms with Crippen molar-refractivity contribution < 1.29 is 50.9 Å². The molecule has 0 spiro atoms. The van der Waals surface area contributed by atoms with E-state index in [1.807, 2.05) is 13.0 Å². The van der Waals surface area contributed by atoms with Crippen molar-refractivity contribution in [2.75, 3.05) is 12.4 Å². The first-order valence-corrected chi connectivity index (χ1v) is 12.7. The Hall–Kier alpha value is -3.79. The number of hydrogen-bond donors (Lipinski definition) is 3. The molecule has 1 aromatic carbocycles. The van der Waals surface area contributed by atoms with Crippen molar-refractivity contribution in [3.63, 3.8) is 0 Å². The Morgan fingerprint density at radius 2 is 1.71 bits per heavy atom. The third kappa shape index (κ3) is 8.13. The van der Waals surface area contributed by atoms with Crippen molar-refractivity contribution in [3.8, 4) is 10.4 Å². The molecule has 1 fully saturated rings. The van der Waals surface area contributed by atoms with Crippen LogP contribution in [-0.2, 0) is 26.1 Å². The van der Waals surface area contributed by atoms with Crippen LogP contribution in [0.5, 0.6) is 0 Å². The van der Waals surface area contributed by atoms with Gasteiger partial charge in [-0.2, -0.15) is 26.3 Å². The van der Waals surface area contributed by atoms with E-state index >= 15 is 0 Å². The lowest BCUT2D eigenvalue weighted by Gasteiger charge is -2.36. The second-order valence-corrected chi connectivity index (χ2v) is 10.2. The van der Waals surface area contributed by atoms with Crippen LogP contribution >= 0.6 is 11.3 Å². The van der Waals surface area contributed by atoms with Crippen LogP contribution in [0.4, 0.5) is 38.0 Å². The number of rotatable bonds is 6. The molecule has 3 aromatic rings. The highest BCUT2D eigenvalue weighted by Crippen LogP contribution is 2.45. The Morgan fingerprint density at radius 1 is 1.07 bits per heavy atom. The van der Waals surface area contributed by atoms with Gasteiger partial charge in [-0.1, -0.05) is 6.07 Å². The second-order valence-electron chi connectivity index (χ2n) is 9.12. The minimum absolute atomic E-state index is 0.148. The molecule has 222 valence electrons. The lowest BCUT2D eigenvalue weighted by atomic mass is 9.79. The van der Waals surface area contributed by atoms with Gasteiger partial charge < -0.3 is 20.3 Å². The molecule has 9 nitrogen and oxygen atoms in total. The van der Waals surface area contributed by atoms with Crippen LogP contribution in [0.3, 0.4) is 0 Å². The summed E-state index contributed by atoms with van der Waals surface area (Å²) in [6, 6.07) is 6.37. The number of carboxylic acid groups (broad SMARTS) is 2. The summed E-state index contributed by atoms with van der Waals surface area (Å²) in [4.78, 5) is 33.1. The molecular formula is C25H24F6N4O5S. The average Bonchev–Trinajstić information content (AvgIpc) is 3.39. The number of halogens is 6. The van der Waals surface area contributed by atoms with Crippen LogP contribution in [-0.4, -0.2) is 50.4 Å². The van der Waals surface area contributed by atoms with Crippen LogP contribution < -0.4 is 5.32 Å². The quantitative estimate of drug-likeness (QED) is 0.272. The molecule has 41 heavy (non-hydrogen) atoms. The Bertz CT molecular complexity index is 1390. The summed E-state index contributed by atoms with van der Waals surface area (Å²) in [5.41, 5.74) is 0.639. The topological polar surface area (TPSA) is 135 Å². The first kappa shape index (κ1) is 31.7. The van der Waals surface area contributed by atoms with Crippen LogP contribution in [0, 0.1) is 12.8 Å². The third-order valence-electron chi connectivity index (χ3n) is 6.24. The minimum Gasteiger partial charge on any atom is -0.481 e. The number of aryl methyl sites for hydroxylation is 1. The number of hydrogen-bond acceptors (Lipinski definition) is 8. The van der Waals surface area contributed by atoms with Crippen LogP contribution in [0.25, 0.3) is 10.4 Å². The summed E-state index contributed by atoms with van der Waals surface area (Å²) in [5.74, 6) is -4.06. The average molecular weight is 607 g/mol. The van der Waals surface area contributed by atoms with Gasteiger partial charge >= 0.3 is 24.3 Å². The number of methoxy groups -OCH3 is 1. The predicted octanol–water partition coefficient (Wildman–Crippen LogP) is 6.42. The number of anilines is 2. The number of nitrogens with zero attached hydrogens (tertiary/aromatic N) is 3. The van der Waals surface area contributed by atoms with Gasteiger partial charge in [-0.25, -0.2) is 19.7 Å². The Kier molecular flexibility index (Phi) is 9.58. The Labute approximate surface area is 233 Å². The van der Waals surface area contributed by atoms with Gasteiger partial charge in [0.15, 0.2) is 0 Å². The van der Waals surface area contributed by atoms with Crippen LogP contribution in [0.15, 0.2) is 36.7 Å².